The van der Waals surface area contributed by atoms with Gasteiger partial charge in [0.25, 0.3) is 0 Å². The Balaban J connectivity index is 0.000000343. The van der Waals surface area contributed by atoms with Crippen molar-refractivity contribution in [3.8, 4) is 5.75 Å². The molecule has 1 aliphatic carbocycles. The van der Waals surface area contributed by atoms with Gasteiger partial charge in [-0.2, -0.15) is 18.9 Å². The van der Waals surface area contributed by atoms with Crippen molar-refractivity contribution < 1.29 is 70.8 Å². The van der Waals surface area contributed by atoms with E-state index in [9.17, 15) is 14.7 Å². The number of carbonyl (C=O) groups excluding carboxylic acids is 2. The fourth-order valence-corrected chi connectivity index (χ4v) is 3.99. The van der Waals surface area contributed by atoms with Crippen LogP contribution in [0.1, 0.15) is 56.2 Å². The first-order chi connectivity index (χ1) is 16.2. The van der Waals surface area contributed by atoms with Crippen molar-refractivity contribution >= 4 is 39.5 Å². The third kappa shape index (κ3) is 10.2. The monoisotopic (exact) mass is 568 g/mol. The van der Waals surface area contributed by atoms with Crippen molar-refractivity contribution in [2.75, 3.05) is 17.7 Å². The molecule has 8 heteroatoms. The largest absolute Gasteiger partial charge is 1.00 e. The van der Waals surface area contributed by atoms with E-state index in [1.807, 2.05) is 44.4 Å². The second kappa shape index (κ2) is 16.1. The molecule has 2 atom stereocenters. The minimum absolute atomic E-state index is 0. The Hall–Kier alpha value is -0.874. The number of ether oxygens (including phenoxy) is 1. The van der Waals surface area contributed by atoms with Gasteiger partial charge < -0.3 is 31.7 Å². The molecule has 2 unspecified atom stereocenters. The molecule has 0 bridgehead atoms. The van der Waals surface area contributed by atoms with Crippen LogP contribution >= 0.6 is 15.9 Å². The third-order valence-corrected chi connectivity index (χ3v) is 6.62. The Bertz CT molecular complexity index is 978. The summed E-state index contributed by atoms with van der Waals surface area (Å²) in [6, 6.07) is 9.15. The van der Waals surface area contributed by atoms with Crippen LogP contribution in [0, 0.1) is 26.2 Å². The van der Waals surface area contributed by atoms with Crippen molar-refractivity contribution in [3.63, 3.8) is 0 Å². The number of nitrogens with one attached hydrogen (secondary N) is 2. The summed E-state index contributed by atoms with van der Waals surface area (Å²) in [5, 5.41) is 15.4. The van der Waals surface area contributed by atoms with Gasteiger partial charge >= 0.3 is 51.4 Å². The number of rotatable bonds is 7. The zero-order valence-corrected chi connectivity index (χ0v) is 26.0. The molecule has 0 saturated heterocycles. The summed E-state index contributed by atoms with van der Waals surface area (Å²) in [7, 11) is 1.64. The van der Waals surface area contributed by atoms with Crippen LogP contribution in [0.5, 0.6) is 5.75 Å². The predicted molar refractivity (Wildman–Crippen MR) is 141 cm³/mol. The van der Waals surface area contributed by atoms with E-state index in [4.69, 9.17) is 4.74 Å². The van der Waals surface area contributed by atoms with Crippen LogP contribution in [0.4, 0.5) is 11.4 Å². The summed E-state index contributed by atoms with van der Waals surface area (Å²) in [5.74, 6) is 1.10. The first kappa shape index (κ1) is 32.2. The van der Waals surface area contributed by atoms with Crippen LogP contribution in [0.15, 0.2) is 34.8 Å². The first-order valence-electron chi connectivity index (χ1n) is 11.4. The van der Waals surface area contributed by atoms with Crippen LogP contribution in [0.2, 0.25) is 0 Å². The van der Waals surface area contributed by atoms with Crippen LogP contribution < -0.4 is 66.8 Å². The Morgan fingerprint density at radius 2 is 1.89 bits per heavy atom. The molecule has 35 heavy (non-hydrogen) atoms. The maximum absolute atomic E-state index is 12.1. The number of hydrogen-bond acceptors (Lipinski definition) is 5. The average Bonchev–Trinajstić information content (AvgIpc) is 2.83. The summed E-state index contributed by atoms with van der Waals surface area (Å²) < 4.78 is 6.00. The van der Waals surface area contributed by atoms with Gasteiger partial charge in [0.15, 0.2) is 0 Å². The van der Waals surface area contributed by atoms with Crippen LogP contribution in [0.3, 0.4) is 0 Å². The van der Waals surface area contributed by atoms with Gasteiger partial charge in [0, 0.05) is 23.7 Å². The predicted octanol–water partition coefficient (Wildman–Crippen LogP) is 2.61. The Labute approximate surface area is 260 Å². The van der Waals surface area contributed by atoms with E-state index in [2.05, 4.69) is 39.9 Å². The van der Waals surface area contributed by atoms with E-state index in [1.54, 1.807) is 20.1 Å². The number of carbonyl (C=O) groups is 1. The normalized spacial score (nSPS) is 14.9. The van der Waals surface area contributed by atoms with Crippen LogP contribution in [-0.4, -0.2) is 36.6 Å². The van der Waals surface area contributed by atoms with E-state index in [-0.39, 0.29) is 69.3 Å². The molecule has 0 aromatic heterocycles. The molecule has 6 nitrogen and oxygen atoms in total. The van der Waals surface area contributed by atoms with E-state index in [1.165, 1.54) is 0 Å². The molecule has 1 amide bonds. The minimum atomic E-state index is -0.470. The smallest absolute Gasteiger partial charge is 0.496 e. The number of aryl methyl sites for hydroxylation is 1. The summed E-state index contributed by atoms with van der Waals surface area (Å²) in [6.07, 6.45) is 7.66. The van der Waals surface area contributed by atoms with Crippen molar-refractivity contribution in [1.82, 2.24) is 0 Å². The fourth-order valence-electron chi connectivity index (χ4n) is 3.53. The maximum atomic E-state index is 12.1. The molecule has 2 aromatic carbocycles. The summed E-state index contributed by atoms with van der Waals surface area (Å²) >= 11 is 3.32. The van der Waals surface area contributed by atoms with Gasteiger partial charge in [-0.15, -0.1) is 26.5 Å². The average molecular weight is 570 g/mol. The van der Waals surface area contributed by atoms with E-state index in [0.717, 1.165) is 52.8 Å². The number of anilines is 2. The molecule has 2 aromatic rings. The number of aliphatic hydroxyl groups excluding tert-OH is 1. The van der Waals surface area contributed by atoms with Gasteiger partial charge in [-0.3, -0.25) is 22.8 Å². The second-order valence-corrected chi connectivity index (χ2v) is 9.43. The number of methoxy groups -OCH3 is 1. The number of halogens is 1. The van der Waals surface area contributed by atoms with E-state index < -0.39 is 6.10 Å². The van der Waals surface area contributed by atoms with E-state index in [0.29, 0.717) is 11.1 Å². The Morgan fingerprint density at radius 3 is 2.46 bits per heavy atom. The van der Waals surface area contributed by atoms with Crippen molar-refractivity contribution in [2.24, 2.45) is 5.92 Å². The maximum Gasteiger partial charge on any atom is 1.00 e. The number of hydrogen-bond donors (Lipinski definition) is 3. The minimum Gasteiger partial charge on any atom is -0.496 e. The molecule has 0 aliphatic heterocycles. The second-order valence-electron chi connectivity index (χ2n) is 8.57. The van der Waals surface area contributed by atoms with Gasteiger partial charge in [0.05, 0.1) is 13.2 Å². The fraction of sp³-hybridized carbons (Fsp3) is 0.407. The third-order valence-electron chi connectivity index (χ3n) is 5.91. The molecular weight excluding hydrogens is 535 g/mol. The van der Waals surface area contributed by atoms with Crippen LogP contribution in [0.25, 0.3) is 0 Å². The molecule has 1 saturated carbocycles. The quantitative estimate of drug-likeness (QED) is 0.353. The molecule has 0 heterocycles. The van der Waals surface area contributed by atoms with Gasteiger partial charge in [-0.1, -0.05) is 18.9 Å². The molecule has 0 radical (unpaired) electrons. The first-order valence-corrected chi connectivity index (χ1v) is 12.2. The van der Waals surface area contributed by atoms with Gasteiger partial charge in [-0.05, 0) is 44.4 Å². The zero-order valence-electron chi connectivity index (χ0n) is 21.3. The van der Waals surface area contributed by atoms with Crippen molar-refractivity contribution in [1.29, 1.82) is 0 Å². The Kier molecular flexibility index (Phi) is 14.8. The molecule has 1 fully saturated rings. The summed E-state index contributed by atoms with van der Waals surface area (Å²) in [6.45, 7) is 9.31. The Morgan fingerprint density at radius 1 is 1.23 bits per heavy atom. The van der Waals surface area contributed by atoms with E-state index >= 15 is 0 Å². The van der Waals surface area contributed by atoms with Gasteiger partial charge in [0.2, 0.25) is 5.91 Å². The summed E-state index contributed by atoms with van der Waals surface area (Å²) in [5.41, 5.74) is 3.67. The number of benzene rings is 2. The molecule has 3 rings (SSSR count). The molecule has 3 N–H and O–H groups in total. The number of amides is 1. The molecular formula is C27H34BrKN2O4-2. The number of aliphatic hydroxyl groups is 1. The molecule has 0 spiro atoms. The van der Waals surface area contributed by atoms with Crippen molar-refractivity contribution in [2.45, 2.75) is 58.6 Å². The summed E-state index contributed by atoms with van der Waals surface area (Å²) in [4.78, 5) is 22.8. The standard InChI is InChI=1S/C15H20NO2.C12H14BrNO2.K/c1-11-8-9-13(10-14(11)18-2)16-15(17)12-6-4-3-5-7-12;1-7-10(6-15)4-11(5-12(7)13)14-8(2)9(3)16;/h3,8-10,12H,4-7H2,1-2H3,(H,16,17);4-5,8-9,14,16H,1H2,2-3H3;/q-1;-2;+1. The van der Waals surface area contributed by atoms with Crippen LogP contribution in [-0.2, 0) is 9.59 Å². The molecule has 186 valence electrons. The SMILES string of the molecule is COc1cc(NC(=O)C2CC[CH-]CC2)ccc1C.[CH2-]c1c(Br)cc(NC(C)C(C)O)cc1[C-]=O.[K+]. The van der Waals surface area contributed by atoms with Gasteiger partial charge in [0.1, 0.15) is 5.75 Å². The zero-order chi connectivity index (χ0) is 25.3. The molecule has 1 aliphatic rings. The van der Waals surface area contributed by atoms with Crippen molar-refractivity contribution in [3.05, 3.63) is 64.8 Å². The van der Waals surface area contributed by atoms with Gasteiger partial charge in [-0.25, -0.2) is 0 Å². The topological polar surface area (TPSA) is 87.7 Å².